The van der Waals surface area contributed by atoms with Gasteiger partial charge in [-0.05, 0) is 19.1 Å². The van der Waals surface area contributed by atoms with Crippen LogP contribution in [0.1, 0.15) is 16.1 Å². The van der Waals surface area contributed by atoms with Crippen LogP contribution in [0.4, 0.5) is 5.69 Å². The number of carboxylic acids is 1. The van der Waals surface area contributed by atoms with Crippen molar-refractivity contribution >= 4 is 11.7 Å². The molecular weight excluding hydrogens is 240 g/mol. The van der Waals surface area contributed by atoms with Gasteiger partial charge in [0.15, 0.2) is 11.5 Å². The third-order valence-electron chi connectivity index (χ3n) is 2.31. The molecule has 2 heterocycles. The van der Waals surface area contributed by atoms with Gasteiger partial charge in [-0.3, -0.25) is 10.1 Å². The molecule has 2 rings (SSSR count). The summed E-state index contributed by atoms with van der Waals surface area (Å²) in [6.07, 6.45) is 2.55. The molecule has 0 saturated carbocycles. The number of carbonyl (C=O) groups is 1. The fourth-order valence-corrected chi connectivity index (χ4v) is 1.42. The van der Waals surface area contributed by atoms with E-state index in [4.69, 9.17) is 5.11 Å². The minimum absolute atomic E-state index is 0.0932. The van der Waals surface area contributed by atoms with Crippen LogP contribution in [-0.4, -0.2) is 30.8 Å². The Morgan fingerprint density at radius 2 is 2.28 bits per heavy atom. The number of nitrogens with zero attached hydrogens (tertiary/aromatic N) is 4. The minimum Gasteiger partial charge on any atom is -0.476 e. The van der Waals surface area contributed by atoms with Gasteiger partial charge in [0.2, 0.25) is 0 Å². The van der Waals surface area contributed by atoms with Crippen molar-refractivity contribution in [1.29, 1.82) is 0 Å². The molecule has 0 unspecified atom stereocenters. The van der Waals surface area contributed by atoms with Gasteiger partial charge in [0, 0.05) is 11.8 Å². The van der Waals surface area contributed by atoms with E-state index in [1.54, 1.807) is 6.92 Å². The van der Waals surface area contributed by atoms with E-state index in [1.165, 1.54) is 23.0 Å². The summed E-state index contributed by atoms with van der Waals surface area (Å²) in [6.45, 7) is 1.57. The van der Waals surface area contributed by atoms with Crippen LogP contribution >= 0.6 is 0 Å². The third kappa shape index (κ3) is 2.03. The second kappa shape index (κ2) is 4.24. The Labute approximate surface area is 101 Å². The number of hydrogen-bond acceptors (Lipinski definition) is 5. The average molecular weight is 248 g/mol. The first-order valence-electron chi connectivity index (χ1n) is 4.89. The van der Waals surface area contributed by atoms with Gasteiger partial charge in [-0.2, -0.15) is 5.10 Å². The number of pyridine rings is 1. The van der Waals surface area contributed by atoms with E-state index in [-0.39, 0.29) is 11.4 Å². The molecule has 0 aliphatic rings. The van der Waals surface area contributed by atoms with E-state index in [0.29, 0.717) is 11.4 Å². The van der Waals surface area contributed by atoms with Gasteiger partial charge in [0.25, 0.3) is 5.69 Å². The van der Waals surface area contributed by atoms with Crippen LogP contribution in [0.2, 0.25) is 0 Å². The van der Waals surface area contributed by atoms with Crippen molar-refractivity contribution in [3.8, 4) is 5.82 Å². The largest absolute Gasteiger partial charge is 0.476 e. The zero-order valence-electron chi connectivity index (χ0n) is 9.27. The smallest absolute Gasteiger partial charge is 0.356 e. The maximum absolute atomic E-state index is 10.7. The lowest BCUT2D eigenvalue weighted by molar-refractivity contribution is -0.385. The Balaban J connectivity index is 2.42. The summed E-state index contributed by atoms with van der Waals surface area (Å²) in [6, 6.07) is 2.79. The minimum atomic E-state index is -1.15. The SMILES string of the molecule is Cc1cc(-n2ccc(C(=O)O)n2)ncc1[N+](=O)[O-]. The van der Waals surface area contributed by atoms with Crippen LogP contribution in [0.5, 0.6) is 0 Å². The standard InChI is InChI=1S/C10H8N4O4/c1-6-4-9(11-5-8(6)14(17)18)13-3-2-7(12-13)10(15)16/h2-5H,1H3,(H,15,16). The highest BCUT2D eigenvalue weighted by molar-refractivity contribution is 5.85. The number of carboxylic acid groups (broad SMARTS) is 1. The zero-order chi connectivity index (χ0) is 13.3. The molecule has 8 heteroatoms. The molecule has 2 aromatic rings. The molecule has 0 fully saturated rings. The van der Waals surface area contributed by atoms with Crippen molar-refractivity contribution in [2.45, 2.75) is 6.92 Å². The van der Waals surface area contributed by atoms with E-state index in [0.717, 1.165) is 6.20 Å². The molecular formula is C10H8N4O4. The number of aryl methyl sites for hydroxylation is 1. The van der Waals surface area contributed by atoms with Gasteiger partial charge in [-0.25, -0.2) is 14.5 Å². The summed E-state index contributed by atoms with van der Waals surface area (Å²) < 4.78 is 1.25. The Hall–Kier alpha value is -2.77. The van der Waals surface area contributed by atoms with Crippen molar-refractivity contribution < 1.29 is 14.8 Å². The van der Waals surface area contributed by atoms with Gasteiger partial charge in [0.1, 0.15) is 6.20 Å². The lowest BCUT2D eigenvalue weighted by Gasteiger charge is -2.01. The molecule has 0 atom stereocenters. The first-order chi connectivity index (χ1) is 8.49. The van der Waals surface area contributed by atoms with Crippen LogP contribution in [0.25, 0.3) is 5.82 Å². The number of aromatic carboxylic acids is 1. The van der Waals surface area contributed by atoms with Gasteiger partial charge >= 0.3 is 5.97 Å². The molecule has 0 bridgehead atoms. The summed E-state index contributed by atoms with van der Waals surface area (Å²) >= 11 is 0. The van der Waals surface area contributed by atoms with Crippen molar-refractivity contribution in [2.24, 2.45) is 0 Å². The highest BCUT2D eigenvalue weighted by Crippen LogP contribution is 2.18. The number of aromatic nitrogens is 3. The van der Waals surface area contributed by atoms with Crippen LogP contribution in [0, 0.1) is 17.0 Å². The zero-order valence-corrected chi connectivity index (χ0v) is 9.27. The molecule has 0 amide bonds. The van der Waals surface area contributed by atoms with E-state index in [2.05, 4.69) is 10.1 Å². The highest BCUT2D eigenvalue weighted by Gasteiger charge is 2.13. The Bertz CT molecular complexity index is 635. The molecule has 2 aromatic heterocycles. The fourth-order valence-electron chi connectivity index (χ4n) is 1.42. The molecule has 0 saturated heterocycles. The molecule has 0 spiro atoms. The summed E-state index contributed by atoms with van der Waals surface area (Å²) in [5, 5.41) is 23.1. The Morgan fingerprint density at radius 3 is 2.78 bits per heavy atom. The summed E-state index contributed by atoms with van der Waals surface area (Å²) in [7, 11) is 0. The normalized spacial score (nSPS) is 10.3. The number of rotatable bonds is 3. The topological polar surface area (TPSA) is 111 Å². The monoisotopic (exact) mass is 248 g/mol. The van der Waals surface area contributed by atoms with Crippen molar-refractivity contribution in [3.05, 3.63) is 45.9 Å². The summed E-state index contributed by atoms with van der Waals surface area (Å²) in [4.78, 5) is 24.6. The summed E-state index contributed by atoms with van der Waals surface area (Å²) in [5.41, 5.74) is 0.217. The van der Waals surface area contributed by atoms with Crippen LogP contribution in [0.15, 0.2) is 24.5 Å². The maximum atomic E-state index is 10.7. The van der Waals surface area contributed by atoms with Gasteiger partial charge in [-0.15, -0.1) is 0 Å². The molecule has 0 aliphatic carbocycles. The number of nitro groups is 1. The predicted molar refractivity (Wildman–Crippen MR) is 59.7 cm³/mol. The quantitative estimate of drug-likeness (QED) is 0.644. The van der Waals surface area contributed by atoms with Crippen molar-refractivity contribution in [1.82, 2.24) is 14.8 Å². The highest BCUT2D eigenvalue weighted by atomic mass is 16.6. The maximum Gasteiger partial charge on any atom is 0.356 e. The molecule has 0 aromatic carbocycles. The number of hydrogen-bond donors (Lipinski definition) is 1. The van der Waals surface area contributed by atoms with E-state index in [9.17, 15) is 14.9 Å². The van der Waals surface area contributed by atoms with E-state index in [1.807, 2.05) is 0 Å². The predicted octanol–water partition coefficient (Wildman–Crippen LogP) is 1.18. The van der Waals surface area contributed by atoms with Crippen molar-refractivity contribution in [3.63, 3.8) is 0 Å². The van der Waals surface area contributed by atoms with Crippen LogP contribution < -0.4 is 0 Å². The van der Waals surface area contributed by atoms with E-state index >= 15 is 0 Å². The second-order valence-corrected chi connectivity index (χ2v) is 3.54. The van der Waals surface area contributed by atoms with Gasteiger partial charge in [-0.1, -0.05) is 0 Å². The van der Waals surface area contributed by atoms with Gasteiger partial charge < -0.3 is 5.11 Å². The second-order valence-electron chi connectivity index (χ2n) is 3.54. The molecule has 8 nitrogen and oxygen atoms in total. The van der Waals surface area contributed by atoms with Crippen LogP contribution in [-0.2, 0) is 0 Å². The molecule has 92 valence electrons. The lowest BCUT2D eigenvalue weighted by atomic mass is 10.2. The average Bonchev–Trinajstić information content (AvgIpc) is 2.77. The molecule has 18 heavy (non-hydrogen) atoms. The van der Waals surface area contributed by atoms with Crippen LogP contribution in [0.3, 0.4) is 0 Å². The lowest BCUT2D eigenvalue weighted by Crippen LogP contribution is -2.03. The molecule has 0 aliphatic heterocycles. The molecule has 0 radical (unpaired) electrons. The Morgan fingerprint density at radius 1 is 1.56 bits per heavy atom. The molecule has 1 N–H and O–H groups in total. The first kappa shape index (κ1) is 11.7. The fraction of sp³-hybridized carbons (Fsp3) is 0.100. The van der Waals surface area contributed by atoms with E-state index < -0.39 is 10.9 Å². The van der Waals surface area contributed by atoms with Crippen molar-refractivity contribution in [2.75, 3.05) is 0 Å². The Kier molecular flexibility index (Phi) is 2.76. The third-order valence-corrected chi connectivity index (χ3v) is 2.31. The van der Waals surface area contributed by atoms with Gasteiger partial charge in [0.05, 0.1) is 4.92 Å². The summed E-state index contributed by atoms with van der Waals surface area (Å²) in [5.74, 6) is -0.821. The first-order valence-corrected chi connectivity index (χ1v) is 4.89.